The summed E-state index contributed by atoms with van der Waals surface area (Å²) in [5.41, 5.74) is 0. The molecule has 13 heavy (non-hydrogen) atoms. The molecule has 0 aromatic carbocycles. The summed E-state index contributed by atoms with van der Waals surface area (Å²) in [6.07, 6.45) is 2.50. The van der Waals surface area contributed by atoms with Crippen molar-refractivity contribution in [1.82, 2.24) is 0 Å². The van der Waals surface area contributed by atoms with Crippen LogP contribution >= 0.6 is 19.7 Å². The maximum Gasteiger partial charge on any atom is 0.491 e. The highest BCUT2D eigenvalue weighted by Crippen LogP contribution is 2.50. The van der Waals surface area contributed by atoms with E-state index in [4.69, 9.17) is 20.9 Å². The van der Waals surface area contributed by atoms with Gasteiger partial charge in [-0.3, -0.25) is 9.05 Å². The van der Waals surface area contributed by atoms with Crippen molar-refractivity contribution in [2.75, 3.05) is 13.2 Å². The summed E-state index contributed by atoms with van der Waals surface area (Å²) in [5.74, 6) is 0. The van der Waals surface area contributed by atoms with Crippen molar-refractivity contribution in [3.63, 3.8) is 0 Å². The second-order valence-corrected chi connectivity index (χ2v) is 4.50. The Labute approximate surface area is 84.3 Å². The monoisotopic (exact) mass is 230 g/mol. The van der Waals surface area contributed by atoms with E-state index in [0.717, 1.165) is 19.3 Å². The molecule has 0 bridgehead atoms. The lowest BCUT2D eigenvalue weighted by Crippen LogP contribution is -1.98. The molecule has 0 saturated carbocycles. The summed E-state index contributed by atoms with van der Waals surface area (Å²) in [7, 11) is -3.48. The van der Waals surface area contributed by atoms with Gasteiger partial charge in [0, 0.05) is 0 Å². The lowest BCUT2D eigenvalue weighted by atomic mass is 10.4. The largest absolute Gasteiger partial charge is 0.491 e. The Morgan fingerprint density at radius 2 is 1.77 bits per heavy atom. The molecule has 1 unspecified atom stereocenters. The van der Waals surface area contributed by atoms with Gasteiger partial charge in [0.05, 0.1) is 25.1 Å². The molecule has 0 rings (SSSR count). The number of halogens is 1. The first-order valence-corrected chi connectivity index (χ1v) is 6.15. The summed E-state index contributed by atoms with van der Waals surface area (Å²) < 4.78 is 25.3. The van der Waals surface area contributed by atoms with Crippen LogP contribution in [0.3, 0.4) is 0 Å². The van der Waals surface area contributed by atoms with Gasteiger partial charge in [-0.05, 0) is 12.8 Å². The SMILES string of the molecule is CCCCOP(=O)(OCl)OCCC. The molecule has 0 spiro atoms. The Morgan fingerprint density at radius 3 is 2.23 bits per heavy atom. The number of phosphoric ester groups is 1. The maximum absolute atomic E-state index is 11.4. The number of rotatable bonds is 8. The molecule has 0 aliphatic carbocycles. The molecule has 0 amide bonds. The topological polar surface area (TPSA) is 44.8 Å². The lowest BCUT2D eigenvalue weighted by Gasteiger charge is -2.12. The molecular formula is C7H16ClO4P. The van der Waals surface area contributed by atoms with Crippen LogP contribution in [0, 0.1) is 0 Å². The zero-order chi connectivity index (χ0) is 10.2. The number of hydrogen-bond acceptors (Lipinski definition) is 4. The van der Waals surface area contributed by atoms with Gasteiger partial charge >= 0.3 is 7.82 Å². The second kappa shape index (κ2) is 7.77. The van der Waals surface area contributed by atoms with Crippen molar-refractivity contribution < 1.29 is 17.7 Å². The van der Waals surface area contributed by atoms with Crippen LogP contribution in [0.1, 0.15) is 33.1 Å². The van der Waals surface area contributed by atoms with Gasteiger partial charge in [-0.25, -0.2) is 4.57 Å². The van der Waals surface area contributed by atoms with E-state index in [1.54, 1.807) is 0 Å². The average Bonchev–Trinajstić information content (AvgIpc) is 2.15. The highest BCUT2D eigenvalue weighted by Gasteiger charge is 2.25. The molecule has 0 fully saturated rings. The summed E-state index contributed by atoms with van der Waals surface area (Å²) in [6, 6.07) is 0. The number of unbranched alkanes of at least 4 members (excludes halogenated alkanes) is 1. The molecular weight excluding hydrogens is 214 g/mol. The molecule has 0 N–H and O–H groups in total. The van der Waals surface area contributed by atoms with Crippen molar-refractivity contribution in [2.24, 2.45) is 0 Å². The Balaban J connectivity index is 3.75. The Kier molecular flexibility index (Phi) is 8.01. The predicted molar refractivity (Wildman–Crippen MR) is 51.6 cm³/mol. The van der Waals surface area contributed by atoms with Crippen molar-refractivity contribution in [3.8, 4) is 0 Å². The molecule has 6 heteroatoms. The van der Waals surface area contributed by atoms with Gasteiger partial charge < -0.3 is 0 Å². The van der Waals surface area contributed by atoms with E-state index in [9.17, 15) is 4.57 Å². The van der Waals surface area contributed by atoms with Gasteiger partial charge in [0.2, 0.25) is 0 Å². The Hall–Kier alpha value is 0.400. The molecule has 0 heterocycles. The molecule has 0 aliphatic heterocycles. The minimum atomic E-state index is -3.48. The molecule has 0 saturated heterocycles. The molecule has 0 aromatic rings. The van der Waals surface area contributed by atoms with Crippen LogP contribution in [0.25, 0.3) is 0 Å². The molecule has 4 nitrogen and oxygen atoms in total. The summed E-state index contributed by atoms with van der Waals surface area (Å²) in [6.45, 7) is 4.55. The molecule has 0 aromatic heterocycles. The van der Waals surface area contributed by atoms with E-state index in [1.807, 2.05) is 13.8 Å². The van der Waals surface area contributed by atoms with E-state index in [-0.39, 0.29) is 0 Å². The third kappa shape index (κ3) is 6.47. The van der Waals surface area contributed by atoms with Crippen LogP contribution < -0.4 is 0 Å². The van der Waals surface area contributed by atoms with Crippen LogP contribution in [0.2, 0.25) is 0 Å². The van der Waals surface area contributed by atoms with Gasteiger partial charge in [0.1, 0.15) is 0 Å². The van der Waals surface area contributed by atoms with Gasteiger partial charge in [-0.2, -0.15) is 4.08 Å². The quantitative estimate of drug-likeness (QED) is 0.473. The highest BCUT2D eigenvalue weighted by molar-refractivity contribution is 7.49. The Morgan fingerprint density at radius 1 is 1.15 bits per heavy atom. The van der Waals surface area contributed by atoms with Crippen molar-refractivity contribution >= 4 is 19.7 Å². The minimum Gasteiger partial charge on any atom is -0.286 e. The van der Waals surface area contributed by atoms with Crippen LogP contribution in [0.5, 0.6) is 0 Å². The van der Waals surface area contributed by atoms with E-state index in [1.165, 1.54) is 0 Å². The summed E-state index contributed by atoms with van der Waals surface area (Å²) >= 11 is 5.01. The fourth-order valence-electron chi connectivity index (χ4n) is 0.601. The summed E-state index contributed by atoms with van der Waals surface area (Å²) in [5, 5.41) is 0. The van der Waals surface area contributed by atoms with Crippen LogP contribution in [-0.4, -0.2) is 13.2 Å². The van der Waals surface area contributed by atoms with Crippen LogP contribution in [0.4, 0.5) is 0 Å². The first-order valence-electron chi connectivity index (χ1n) is 4.38. The standard InChI is InChI=1S/C7H16ClO4P/c1-3-5-7-11-13(9,12-8)10-6-4-2/h3-7H2,1-2H3. The van der Waals surface area contributed by atoms with Crippen molar-refractivity contribution in [1.29, 1.82) is 0 Å². The summed E-state index contributed by atoms with van der Waals surface area (Å²) in [4.78, 5) is 0. The fraction of sp³-hybridized carbons (Fsp3) is 1.00. The highest BCUT2D eigenvalue weighted by atomic mass is 35.5. The maximum atomic E-state index is 11.4. The minimum absolute atomic E-state index is 0.316. The first kappa shape index (κ1) is 13.4. The Bertz CT molecular complexity index is 165. The first-order chi connectivity index (χ1) is 6.18. The smallest absolute Gasteiger partial charge is 0.286 e. The average molecular weight is 231 g/mol. The number of hydrogen-bond donors (Lipinski definition) is 0. The normalized spacial score (nSPS) is 15.6. The molecule has 80 valence electrons. The van der Waals surface area contributed by atoms with Crippen molar-refractivity contribution in [2.45, 2.75) is 33.1 Å². The van der Waals surface area contributed by atoms with Crippen LogP contribution in [0.15, 0.2) is 0 Å². The molecule has 0 radical (unpaired) electrons. The third-order valence-electron chi connectivity index (χ3n) is 1.29. The van der Waals surface area contributed by atoms with Gasteiger partial charge in [-0.15, -0.1) is 0 Å². The van der Waals surface area contributed by atoms with E-state index in [0.29, 0.717) is 13.2 Å². The lowest BCUT2D eigenvalue weighted by molar-refractivity contribution is 0.157. The zero-order valence-corrected chi connectivity index (χ0v) is 9.64. The second-order valence-electron chi connectivity index (χ2n) is 2.54. The molecule has 0 aliphatic rings. The van der Waals surface area contributed by atoms with Gasteiger partial charge in [0.25, 0.3) is 0 Å². The predicted octanol–water partition coefficient (Wildman–Crippen LogP) is 3.51. The van der Waals surface area contributed by atoms with Crippen LogP contribution in [-0.2, 0) is 17.7 Å². The van der Waals surface area contributed by atoms with E-state index in [2.05, 4.69) is 4.08 Å². The fourth-order valence-corrected chi connectivity index (χ4v) is 1.75. The van der Waals surface area contributed by atoms with E-state index >= 15 is 0 Å². The zero-order valence-electron chi connectivity index (χ0n) is 7.99. The van der Waals surface area contributed by atoms with E-state index < -0.39 is 7.82 Å². The van der Waals surface area contributed by atoms with Gasteiger partial charge in [0.15, 0.2) is 0 Å². The number of phosphoric acid groups is 1. The molecule has 1 atom stereocenters. The van der Waals surface area contributed by atoms with Crippen molar-refractivity contribution in [3.05, 3.63) is 0 Å². The third-order valence-corrected chi connectivity index (χ3v) is 2.96. The van der Waals surface area contributed by atoms with Gasteiger partial charge in [-0.1, -0.05) is 20.3 Å².